The first-order chi connectivity index (χ1) is 15.2. The average Bonchev–Trinajstić information content (AvgIpc) is 3.11. The zero-order chi connectivity index (χ0) is 21.2. The van der Waals surface area contributed by atoms with Crippen LogP contribution in [0.2, 0.25) is 0 Å². The van der Waals surface area contributed by atoms with E-state index in [0.717, 1.165) is 45.8 Å². The number of rotatable bonds is 3. The van der Waals surface area contributed by atoms with E-state index in [4.69, 9.17) is 4.74 Å². The van der Waals surface area contributed by atoms with Crippen LogP contribution in [0.25, 0.3) is 0 Å². The summed E-state index contributed by atoms with van der Waals surface area (Å²) in [6.07, 6.45) is 0.525. The molecule has 1 unspecified atom stereocenters. The summed E-state index contributed by atoms with van der Waals surface area (Å²) in [7, 11) is 0. The van der Waals surface area contributed by atoms with Crippen molar-refractivity contribution >= 4 is 34.3 Å². The molecule has 1 N–H and O–H groups in total. The molecule has 0 saturated carbocycles. The first-order valence-electron chi connectivity index (χ1n) is 9.90. The second kappa shape index (κ2) is 8.21. The molecule has 1 fully saturated rings. The molecule has 152 valence electrons. The Balaban J connectivity index is 1.31. The maximum atomic E-state index is 11.7. The lowest BCUT2D eigenvalue weighted by Gasteiger charge is -2.31. The van der Waals surface area contributed by atoms with Crippen molar-refractivity contribution in [2.45, 2.75) is 11.7 Å². The van der Waals surface area contributed by atoms with Gasteiger partial charge in [-0.2, -0.15) is 0 Å². The maximum absolute atomic E-state index is 11.7. The monoisotopic (exact) mass is 426 g/mol. The van der Waals surface area contributed by atoms with Crippen molar-refractivity contribution in [3.8, 4) is 23.3 Å². The number of para-hydroxylation sites is 4. The van der Waals surface area contributed by atoms with Crippen LogP contribution in [-0.4, -0.2) is 22.9 Å². The highest BCUT2D eigenvalue weighted by Gasteiger charge is 2.31. The summed E-state index contributed by atoms with van der Waals surface area (Å²) in [5, 5.41) is 1.69. The van der Waals surface area contributed by atoms with Gasteiger partial charge in [0.1, 0.15) is 0 Å². The fourth-order valence-corrected chi connectivity index (χ4v) is 4.50. The number of imide groups is 1. The minimum absolute atomic E-state index is 0.218. The van der Waals surface area contributed by atoms with E-state index in [-0.39, 0.29) is 16.4 Å². The number of carbonyl (C=O) groups excluding carboxylic acids is 2. The molecule has 2 aliphatic rings. The minimum atomic E-state index is -0.356. The SMILES string of the molecule is O=C1NC(=O)C(Cc2ccc(C#CCN3c4ccccc4Oc4ccccc43)cc2)S1. The molecular weight excluding hydrogens is 408 g/mol. The molecule has 2 heterocycles. The van der Waals surface area contributed by atoms with E-state index >= 15 is 0 Å². The van der Waals surface area contributed by atoms with Crippen LogP contribution in [0.1, 0.15) is 11.1 Å². The van der Waals surface area contributed by atoms with Gasteiger partial charge in [-0.05, 0) is 48.4 Å². The number of anilines is 2. The number of amides is 2. The molecule has 5 rings (SSSR count). The van der Waals surface area contributed by atoms with Crippen LogP contribution in [0.3, 0.4) is 0 Å². The van der Waals surface area contributed by atoms with Gasteiger partial charge < -0.3 is 9.64 Å². The summed E-state index contributed by atoms with van der Waals surface area (Å²) >= 11 is 1.05. The quantitative estimate of drug-likeness (QED) is 0.605. The van der Waals surface area contributed by atoms with Crippen molar-refractivity contribution in [2.75, 3.05) is 11.4 Å². The number of ether oxygens (including phenoxy) is 1. The highest BCUT2D eigenvalue weighted by molar-refractivity contribution is 8.15. The zero-order valence-electron chi connectivity index (χ0n) is 16.5. The van der Waals surface area contributed by atoms with Crippen LogP contribution in [0.15, 0.2) is 72.8 Å². The first-order valence-corrected chi connectivity index (χ1v) is 10.8. The molecule has 3 aromatic rings. The van der Waals surface area contributed by atoms with Gasteiger partial charge in [0.15, 0.2) is 11.5 Å². The predicted molar refractivity (Wildman–Crippen MR) is 122 cm³/mol. The molecule has 0 aromatic heterocycles. The number of nitrogens with zero attached hydrogens (tertiary/aromatic N) is 1. The minimum Gasteiger partial charge on any atom is -0.453 e. The molecule has 6 heteroatoms. The third-order valence-electron chi connectivity index (χ3n) is 5.14. The van der Waals surface area contributed by atoms with E-state index < -0.39 is 0 Å². The van der Waals surface area contributed by atoms with Crippen molar-refractivity contribution < 1.29 is 14.3 Å². The van der Waals surface area contributed by atoms with E-state index in [0.29, 0.717) is 13.0 Å². The Bertz CT molecular complexity index is 1180. The predicted octanol–water partition coefficient (Wildman–Crippen LogP) is 4.88. The lowest BCUT2D eigenvalue weighted by atomic mass is 10.1. The molecule has 31 heavy (non-hydrogen) atoms. The molecule has 0 aliphatic carbocycles. The van der Waals surface area contributed by atoms with Gasteiger partial charge in [-0.3, -0.25) is 14.9 Å². The number of thioether (sulfide) groups is 1. The summed E-state index contributed by atoms with van der Waals surface area (Å²) in [4.78, 5) is 25.2. The van der Waals surface area contributed by atoms with Crippen LogP contribution in [0.5, 0.6) is 11.5 Å². The van der Waals surface area contributed by atoms with E-state index in [1.807, 2.05) is 72.8 Å². The molecule has 2 amide bonds. The standard InChI is InChI=1S/C25H18N2O3S/c28-24-23(31-25(29)26-24)16-18-13-11-17(12-14-18)6-5-15-27-19-7-1-3-9-21(19)30-22-10-4-2-8-20(22)27/h1-4,7-14,23H,15-16H2,(H,26,28,29). The number of fused-ring (bicyclic) bond motifs is 2. The van der Waals surface area contributed by atoms with Gasteiger partial charge in [-0.25, -0.2) is 0 Å². The van der Waals surface area contributed by atoms with Gasteiger partial charge in [0.2, 0.25) is 5.91 Å². The van der Waals surface area contributed by atoms with Crippen molar-refractivity contribution in [1.29, 1.82) is 0 Å². The highest BCUT2D eigenvalue weighted by atomic mass is 32.2. The van der Waals surface area contributed by atoms with Crippen LogP contribution in [-0.2, 0) is 11.2 Å². The molecule has 0 spiro atoms. The van der Waals surface area contributed by atoms with E-state index in [9.17, 15) is 9.59 Å². The number of hydrogen-bond donors (Lipinski definition) is 1. The fraction of sp³-hybridized carbons (Fsp3) is 0.120. The number of nitrogens with one attached hydrogen (secondary N) is 1. The Morgan fingerprint density at radius 1 is 0.903 bits per heavy atom. The summed E-state index contributed by atoms with van der Waals surface area (Å²) in [5.41, 5.74) is 3.89. The van der Waals surface area contributed by atoms with Crippen molar-refractivity contribution in [1.82, 2.24) is 5.32 Å². The smallest absolute Gasteiger partial charge is 0.286 e. The van der Waals surface area contributed by atoms with E-state index in [1.165, 1.54) is 0 Å². The van der Waals surface area contributed by atoms with Gasteiger partial charge >= 0.3 is 0 Å². The molecule has 2 aliphatic heterocycles. The van der Waals surface area contributed by atoms with Gasteiger partial charge in [0.05, 0.1) is 23.2 Å². The third-order valence-corrected chi connectivity index (χ3v) is 6.13. The first kappa shape index (κ1) is 19.3. The van der Waals surface area contributed by atoms with Gasteiger partial charge in [0, 0.05) is 5.56 Å². The molecular formula is C25H18N2O3S. The summed E-state index contributed by atoms with van der Waals surface area (Å²) in [5.74, 6) is 7.91. The summed E-state index contributed by atoms with van der Waals surface area (Å²) < 4.78 is 6.01. The Morgan fingerprint density at radius 2 is 1.55 bits per heavy atom. The molecule has 5 nitrogen and oxygen atoms in total. The Kier molecular flexibility index (Phi) is 5.11. The molecule has 3 aromatic carbocycles. The van der Waals surface area contributed by atoms with Crippen molar-refractivity contribution in [3.63, 3.8) is 0 Å². The van der Waals surface area contributed by atoms with E-state index in [1.54, 1.807) is 0 Å². The maximum Gasteiger partial charge on any atom is 0.286 e. The normalized spacial score (nSPS) is 16.5. The number of carbonyl (C=O) groups is 2. The second-order valence-electron chi connectivity index (χ2n) is 7.21. The van der Waals surface area contributed by atoms with Gasteiger partial charge in [-0.1, -0.05) is 60.0 Å². The van der Waals surface area contributed by atoms with E-state index in [2.05, 4.69) is 22.1 Å². The Hall–Kier alpha value is -3.69. The Labute approximate surface area is 184 Å². The lowest BCUT2D eigenvalue weighted by molar-refractivity contribution is -0.118. The average molecular weight is 426 g/mol. The molecule has 0 radical (unpaired) electrons. The zero-order valence-corrected chi connectivity index (χ0v) is 17.3. The number of benzene rings is 3. The summed E-state index contributed by atoms with van der Waals surface area (Å²) in [6, 6.07) is 23.7. The number of hydrogen-bond acceptors (Lipinski definition) is 5. The molecule has 0 bridgehead atoms. The second-order valence-corrected chi connectivity index (χ2v) is 8.39. The van der Waals surface area contributed by atoms with Crippen LogP contribution >= 0.6 is 11.8 Å². The fourth-order valence-electron chi connectivity index (χ4n) is 3.64. The van der Waals surface area contributed by atoms with Crippen molar-refractivity contribution in [3.05, 3.63) is 83.9 Å². The van der Waals surface area contributed by atoms with Crippen molar-refractivity contribution in [2.24, 2.45) is 0 Å². The lowest BCUT2D eigenvalue weighted by Crippen LogP contribution is -2.25. The van der Waals surface area contributed by atoms with Crippen LogP contribution < -0.4 is 15.0 Å². The summed E-state index contributed by atoms with van der Waals surface area (Å²) in [6.45, 7) is 0.528. The Morgan fingerprint density at radius 3 is 2.16 bits per heavy atom. The van der Waals surface area contributed by atoms with Gasteiger partial charge in [-0.15, -0.1) is 0 Å². The van der Waals surface area contributed by atoms with Crippen LogP contribution in [0.4, 0.5) is 16.2 Å². The largest absolute Gasteiger partial charge is 0.453 e. The topological polar surface area (TPSA) is 58.6 Å². The van der Waals surface area contributed by atoms with Crippen LogP contribution in [0, 0.1) is 11.8 Å². The van der Waals surface area contributed by atoms with Gasteiger partial charge in [0.25, 0.3) is 5.24 Å². The third kappa shape index (κ3) is 4.00. The molecule has 1 saturated heterocycles. The molecule has 1 atom stereocenters. The highest BCUT2D eigenvalue weighted by Crippen LogP contribution is 2.45.